The molecule has 2 aromatic heterocycles. The van der Waals surface area contributed by atoms with Crippen molar-refractivity contribution in [3.8, 4) is 5.88 Å². The Balaban J connectivity index is 0.00000370. The number of hydrogen-bond donors (Lipinski definition) is 2. The normalized spacial score (nSPS) is 14.1. The molecular formula is C24H16F3N4NaO6S2. The van der Waals surface area contributed by atoms with Crippen LogP contribution in [0.1, 0.15) is 16.7 Å². The minimum absolute atomic E-state index is 0. The molecule has 0 fully saturated rings. The zero-order chi connectivity index (χ0) is 28.3. The first-order valence-electron chi connectivity index (χ1n) is 10.9. The van der Waals surface area contributed by atoms with Gasteiger partial charge in [-0.05, 0) is 59.8 Å². The summed E-state index contributed by atoms with van der Waals surface area (Å²) >= 11 is 0. The second-order valence-corrected chi connectivity index (χ2v) is 12.0. The van der Waals surface area contributed by atoms with Crippen molar-refractivity contribution in [2.45, 2.75) is 11.3 Å². The summed E-state index contributed by atoms with van der Waals surface area (Å²) in [6, 6.07) is 8.17. The van der Waals surface area contributed by atoms with E-state index in [1.807, 2.05) is 0 Å². The summed E-state index contributed by atoms with van der Waals surface area (Å²) < 4.78 is 97.0. The van der Waals surface area contributed by atoms with Crippen molar-refractivity contribution in [2.24, 2.45) is 4.40 Å². The number of hydrogen-bond acceptors (Lipinski definition) is 7. The van der Waals surface area contributed by atoms with Gasteiger partial charge in [-0.25, -0.2) is 21.6 Å². The van der Waals surface area contributed by atoms with Crippen LogP contribution >= 0.6 is 0 Å². The molecule has 40 heavy (non-hydrogen) atoms. The zero-order valence-electron chi connectivity index (χ0n) is 20.7. The fraction of sp³-hybridized carbons (Fsp3) is 0.0833. The molecule has 10 nitrogen and oxygen atoms in total. The van der Waals surface area contributed by atoms with E-state index in [2.05, 4.69) is 14.4 Å². The number of sulfonamides is 2. The molecular weight excluding hydrogens is 584 g/mol. The molecule has 0 radical (unpaired) electrons. The Kier molecular flexibility index (Phi) is 7.81. The molecule has 2 aromatic carbocycles. The van der Waals surface area contributed by atoms with E-state index in [0.29, 0.717) is 6.07 Å². The molecule has 0 spiro atoms. The molecule has 16 heteroatoms. The van der Waals surface area contributed by atoms with Crippen LogP contribution in [0.3, 0.4) is 0 Å². The summed E-state index contributed by atoms with van der Waals surface area (Å²) in [5.41, 5.74) is -1.66. The molecule has 0 saturated heterocycles. The van der Waals surface area contributed by atoms with Gasteiger partial charge in [0.05, 0.1) is 23.0 Å². The number of rotatable bonds is 5. The molecule has 0 unspecified atom stereocenters. The third-order valence-electron chi connectivity index (χ3n) is 5.68. The van der Waals surface area contributed by atoms with Crippen LogP contribution in [-0.4, -0.2) is 33.3 Å². The molecule has 0 bridgehead atoms. The van der Waals surface area contributed by atoms with Gasteiger partial charge in [0.25, 0.3) is 10.0 Å². The third-order valence-corrected chi connectivity index (χ3v) is 7.60. The molecule has 2 N–H and O–H groups in total. The standard InChI is InChI=1S/C24H17F3N4O6S2.Na/c1-38(34,35)29-17-2-3-18-21(9-17)39(36,37)30-23(28-18)22-20(32)10-19-13(7-16(27)11-31(19)24(22)33)4-12-5-14(25)8-15(26)6-12;/h2-3,5-11,29,33H,4H2,1H3,(H,28,30);/q;+1/p-1. The SMILES string of the molecule is CS(=O)(=O)Nc1ccc2c(c1)S(=O)(=O)N=C(c1c([O-])n3cc(F)cc(Cc4cc(F)cc(F)c4)c3cc1=O)N2.[Na+]. The minimum atomic E-state index is -4.51. The second kappa shape index (κ2) is 10.6. The van der Waals surface area contributed by atoms with Gasteiger partial charge in [-0.15, -0.1) is 4.40 Å². The zero-order valence-corrected chi connectivity index (χ0v) is 24.3. The fourth-order valence-electron chi connectivity index (χ4n) is 4.21. The van der Waals surface area contributed by atoms with E-state index < -0.39 is 65.1 Å². The van der Waals surface area contributed by atoms with Gasteiger partial charge >= 0.3 is 29.6 Å². The molecule has 0 atom stereocenters. The Hall–Kier alpha value is -3.37. The van der Waals surface area contributed by atoms with Crippen LogP contribution in [0.25, 0.3) is 5.52 Å². The molecule has 1 aliphatic heterocycles. The Morgan fingerprint density at radius 2 is 1.70 bits per heavy atom. The maximum Gasteiger partial charge on any atom is 1.00 e. The first kappa shape index (κ1) is 29.6. The van der Waals surface area contributed by atoms with Gasteiger partial charge in [-0.3, -0.25) is 9.52 Å². The van der Waals surface area contributed by atoms with Crippen molar-refractivity contribution in [2.75, 3.05) is 16.3 Å². The number of halogens is 3. The van der Waals surface area contributed by atoms with Gasteiger partial charge < -0.3 is 14.8 Å². The van der Waals surface area contributed by atoms with E-state index in [4.69, 9.17) is 0 Å². The predicted molar refractivity (Wildman–Crippen MR) is 134 cm³/mol. The number of nitrogens with zero attached hydrogens (tertiary/aromatic N) is 2. The molecule has 1 aliphatic rings. The summed E-state index contributed by atoms with van der Waals surface area (Å²) in [6.45, 7) is 0. The largest absolute Gasteiger partial charge is 1.00 e. The molecule has 202 valence electrons. The average Bonchev–Trinajstić information content (AvgIpc) is 2.78. The number of anilines is 2. The van der Waals surface area contributed by atoms with Gasteiger partial charge in [-0.1, -0.05) is 0 Å². The van der Waals surface area contributed by atoms with E-state index in [-0.39, 0.29) is 64.0 Å². The quantitative estimate of drug-likeness (QED) is 0.288. The summed E-state index contributed by atoms with van der Waals surface area (Å²) in [5.74, 6) is -4.34. The van der Waals surface area contributed by atoms with E-state index in [9.17, 15) is 39.9 Å². The number of fused-ring (bicyclic) bond motifs is 2. The van der Waals surface area contributed by atoms with Gasteiger partial charge in [0, 0.05) is 24.0 Å². The van der Waals surface area contributed by atoms with Crippen molar-refractivity contribution in [1.29, 1.82) is 0 Å². The summed E-state index contributed by atoms with van der Waals surface area (Å²) in [7, 11) is -8.22. The van der Waals surface area contributed by atoms with E-state index in [1.165, 1.54) is 12.1 Å². The topological polar surface area (TPSA) is 149 Å². The molecule has 0 aliphatic carbocycles. The second-order valence-electron chi connectivity index (χ2n) is 8.71. The van der Waals surface area contributed by atoms with Crippen molar-refractivity contribution < 1.29 is 64.7 Å². The number of nitrogens with one attached hydrogen (secondary N) is 2. The fourth-order valence-corrected chi connectivity index (χ4v) is 5.92. The minimum Gasteiger partial charge on any atom is -0.859 e. The molecule has 4 aromatic rings. The average molecular weight is 601 g/mol. The smallest absolute Gasteiger partial charge is 0.859 e. The molecule has 3 heterocycles. The summed E-state index contributed by atoms with van der Waals surface area (Å²) in [6.07, 6.45) is 1.44. The molecule has 5 rings (SSSR count). The van der Waals surface area contributed by atoms with Crippen LogP contribution in [0.2, 0.25) is 0 Å². The van der Waals surface area contributed by atoms with Crippen LogP contribution < -0.4 is 50.1 Å². The van der Waals surface area contributed by atoms with Gasteiger partial charge in [0.15, 0.2) is 11.3 Å². The van der Waals surface area contributed by atoms with Crippen LogP contribution in [0.15, 0.2) is 68.8 Å². The Bertz CT molecular complexity index is 2000. The summed E-state index contributed by atoms with van der Waals surface area (Å²) in [4.78, 5) is 12.7. The van der Waals surface area contributed by atoms with E-state index in [0.717, 1.165) is 47.2 Å². The molecule has 0 amide bonds. The number of pyridine rings is 2. The first-order chi connectivity index (χ1) is 18.2. The molecule has 0 saturated carbocycles. The number of amidine groups is 1. The van der Waals surface area contributed by atoms with Gasteiger partial charge in [0.1, 0.15) is 22.3 Å². The van der Waals surface area contributed by atoms with Crippen molar-refractivity contribution in [1.82, 2.24) is 4.40 Å². The van der Waals surface area contributed by atoms with Crippen LogP contribution in [0.5, 0.6) is 5.88 Å². The van der Waals surface area contributed by atoms with Crippen molar-refractivity contribution >= 4 is 42.8 Å². The van der Waals surface area contributed by atoms with Crippen molar-refractivity contribution in [3.63, 3.8) is 0 Å². The predicted octanol–water partition coefficient (Wildman–Crippen LogP) is -0.682. The number of aromatic nitrogens is 1. The van der Waals surface area contributed by atoms with E-state index >= 15 is 0 Å². The van der Waals surface area contributed by atoms with Crippen molar-refractivity contribution in [3.05, 3.63) is 99.1 Å². The maximum absolute atomic E-state index is 14.5. The first-order valence-corrected chi connectivity index (χ1v) is 14.3. The van der Waals surface area contributed by atoms with E-state index in [1.54, 1.807) is 0 Å². The third kappa shape index (κ3) is 5.88. The Morgan fingerprint density at radius 1 is 1.02 bits per heavy atom. The number of benzene rings is 2. The van der Waals surface area contributed by atoms with Crippen LogP contribution in [0.4, 0.5) is 24.5 Å². The summed E-state index contributed by atoms with van der Waals surface area (Å²) in [5, 5.41) is 15.9. The van der Waals surface area contributed by atoms with Crippen LogP contribution in [0, 0.1) is 17.5 Å². The Labute approximate surface area is 247 Å². The van der Waals surface area contributed by atoms with Gasteiger partial charge in [-0.2, -0.15) is 8.42 Å². The van der Waals surface area contributed by atoms with Crippen LogP contribution in [-0.2, 0) is 26.5 Å². The Morgan fingerprint density at radius 3 is 2.35 bits per heavy atom. The maximum atomic E-state index is 14.5. The van der Waals surface area contributed by atoms with Gasteiger partial charge in [0.2, 0.25) is 10.0 Å². The monoisotopic (exact) mass is 600 g/mol.